The number of nitrogens with zero attached hydrogens (tertiary/aromatic N) is 2. The molecule has 1 aliphatic rings. The Balaban J connectivity index is 2.42. The lowest BCUT2D eigenvalue weighted by atomic mass is 9.96. The average Bonchev–Trinajstić information content (AvgIpc) is 2.54. The molecule has 0 radical (unpaired) electrons. The van der Waals surface area contributed by atoms with E-state index >= 15 is 0 Å². The molecule has 2 rings (SSSR count). The Morgan fingerprint density at radius 3 is 2.45 bits per heavy atom. The van der Waals surface area contributed by atoms with Crippen molar-refractivity contribution in [3.63, 3.8) is 0 Å². The lowest BCUT2D eigenvalue weighted by Crippen LogP contribution is -2.38. The summed E-state index contributed by atoms with van der Waals surface area (Å²) in [6.45, 7) is 0. The normalized spacial score (nSPS) is 16.7. The highest BCUT2D eigenvalue weighted by atomic mass is 32.2. The van der Waals surface area contributed by atoms with Crippen LogP contribution in [0.25, 0.3) is 0 Å². The van der Waals surface area contributed by atoms with Crippen LogP contribution in [0.1, 0.15) is 32.1 Å². The first kappa shape index (κ1) is 16.7. The molecule has 0 amide bonds. The third kappa shape index (κ3) is 3.22. The minimum atomic E-state index is -3.90. The van der Waals surface area contributed by atoms with Crippen molar-refractivity contribution in [1.82, 2.24) is 4.31 Å². The van der Waals surface area contributed by atoms with Gasteiger partial charge in [0, 0.05) is 13.1 Å². The minimum absolute atomic E-state index is 0.0968. The predicted octanol–water partition coefficient (Wildman–Crippen LogP) is 2.56. The van der Waals surface area contributed by atoms with Crippen LogP contribution in [0.2, 0.25) is 0 Å². The highest BCUT2D eigenvalue weighted by Crippen LogP contribution is 2.33. The summed E-state index contributed by atoms with van der Waals surface area (Å²) in [7, 11) is -1.03. The van der Waals surface area contributed by atoms with Crippen molar-refractivity contribution >= 4 is 15.7 Å². The first-order valence-corrected chi connectivity index (χ1v) is 8.62. The second-order valence-corrected chi connectivity index (χ2v) is 7.37. The Morgan fingerprint density at radius 1 is 1.27 bits per heavy atom. The van der Waals surface area contributed by atoms with Crippen molar-refractivity contribution in [2.24, 2.45) is 0 Å². The van der Waals surface area contributed by atoms with Crippen LogP contribution < -0.4 is 4.74 Å². The molecule has 1 saturated carbocycles. The number of hydrogen-bond acceptors (Lipinski definition) is 5. The summed E-state index contributed by atoms with van der Waals surface area (Å²) >= 11 is 0. The molecule has 122 valence electrons. The van der Waals surface area contributed by atoms with Gasteiger partial charge in [-0.05, 0) is 25.0 Å². The molecular formula is C14H20N2O5S. The van der Waals surface area contributed by atoms with E-state index in [1.165, 1.54) is 30.6 Å². The van der Waals surface area contributed by atoms with E-state index in [0.717, 1.165) is 38.2 Å². The van der Waals surface area contributed by atoms with Gasteiger partial charge in [0.1, 0.15) is 5.75 Å². The van der Waals surface area contributed by atoms with Gasteiger partial charge in [0.05, 0.1) is 18.1 Å². The molecule has 0 aliphatic heterocycles. The average molecular weight is 328 g/mol. The largest absolute Gasteiger partial charge is 0.497 e. The zero-order valence-corrected chi connectivity index (χ0v) is 13.5. The van der Waals surface area contributed by atoms with Gasteiger partial charge in [-0.15, -0.1) is 0 Å². The number of sulfonamides is 1. The van der Waals surface area contributed by atoms with Gasteiger partial charge in [-0.3, -0.25) is 10.1 Å². The van der Waals surface area contributed by atoms with Crippen molar-refractivity contribution in [2.75, 3.05) is 14.2 Å². The minimum Gasteiger partial charge on any atom is -0.497 e. The first-order valence-electron chi connectivity index (χ1n) is 7.18. The van der Waals surface area contributed by atoms with Crippen molar-refractivity contribution in [2.45, 2.75) is 43.0 Å². The number of benzene rings is 1. The van der Waals surface area contributed by atoms with E-state index in [9.17, 15) is 18.5 Å². The third-order valence-corrected chi connectivity index (χ3v) is 6.07. The van der Waals surface area contributed by atoms with Crippen molar-refractivity contribution in [3.8, 4) is 5.75 Å². The molecule has 0 unspecified atom stereocenters. The molecule has 1 aromatic rings. The van der Waals surface area contributed by atoms with Gasteiger partial charge in [0.2, 0.25) is 10.0 Å². The fraction of sp³-hybridized carbons (Fsp3) is 0.571. The Morgan fingerprint density at radius 2 is 1.91 bits per heavy atom. The third-order valence-electron chi connectivity index (χ3n) is 4.11. The molecule has 0 aromatic heterocycles. The molecule has 0 N–H and O–H groups in total. The smallest absolute Gasteiger partial charge is 0.293 e. The fourth-order valence-corrected chi connectivity index (χ4v) is 4.33. The van der Waals surface area contributed by atoms with Crippen LogP contribution in [-0.4, -0.2) is 37.8 Å². The topological polar surface area (TPSA) is 89.8 Å². The lowest BCUT2D eigenvalue weighted by molar-refractivity contribution is -0.387. The van der Waals surface area contributed by atoms with E-state index in [1.807, 2.05) is 0 Å². The van der Waals surface area contributed by atoms with Crippen LogP contribution in [0.15, 0.2) is 23.1 Å². The number of rotatable bonds is 5. The van der Waals surface area contributed by atoms with E-state index in [4.69, 9.17) is 4.74 Å². The monoisotopic (exact) mass is 328 g/mol. The summed E-state index contributed by atoms with van der Waals surface area (Å²) in [5, 5.41) is 11.2. The van der Waals surface area contributed by atoms with Crippen LogP contribution in [0.3, 0.4) is 0 Å². The van der Waals surface area contributed by atoms with Gasteiger partial charge in [-0.1, -0.05) is 19.3 Å². The van der Waals surface area contributed by atoms with Gasteiger partial charge in [-0.2, -0.15) is 4.31 Å². The molecule has 0 atom stereocenters. The summed E-state index contributed by atoms with van der Waals surface area (Å²) in [4.78, 5) is 10.2. The zero-order chi connectivity index (χ0) is 16.3. The van der Waals surface area contributed by atoms with Crippen LogP contribution in [-0.2, 0) is 10.0 Å². The summed E-state index contributed by atoms with van der Waals surface area (Å²) in [5.41, 5.74) is -0.456. The number of methoxy groups -OCH3 is 1. The lowest BCUT2D eigenvalue weighted by Gasteiger charge is -2.30. The maximum atomic E-state index is 12.7. The summed E-state index contributed by atoms with van der Waals surface area (Å²) in [6.07, 6.45) is 4.65. The van der Waals surface area contributed by atoms with Gasteiger partial charge >= 0.3 is 0 Å². The molecule has 0 heterocycles. The second-order valence-electron chi connectivity index (χ2n) is 5.40. The summed E-state index contributed by atoms with van der Waals surface area (Å²) in [5.74, 6) is 0.256. The van der Waals surface area contributed by atoms with Crippen molar-refractivity contribution in [3.05, 3.63) is 28.3 Å². The highest BCUT2D eigenvalue weighted by molar-refractivity contribution is 7.89. The SMILES string of the molecule is COc1ccc(S(=O)(=O)N(C)C2CCCCC2)c([N+](=O)[O-])c1. The Bertz CT molecular complexity index is 653. The first-order chi connectivity index (χ1) is 10.4. The molecular weight excluding hydrogens is 308 g/mol. The number of hydrogen-bond donors (Lipinski definition) is 0. The highest BCUT2D eigenvalue weighted by Gasteiger charge is 2.34. The van der Waals surface area contributed by atoms with E-state index in [0.29, 0.717) is 0 Å². The molecule has 0 spiro atoms. The Labute approximate surface area is 130 Å². The maximum Gasteiger partial charge on any atom is 0.293 e. The van der Waals surface area contributed by atoms with Crippen LogP contribution in [0, 0.1) is 10.1 Å². The van der Waals surface area contributed by atoms with Crippen LogP contribution in [0.5, 0.6) is 5.75 Å². The van der Waals surface area contributed by atoms with Gasteiger partial charge in [0.25, 0.3) is 5.69 Å². The summed E-state index contributed by atoms with van der Waals surface area (Å²) < 4.78 is 31.7. The van der Waals surface area contributed by atoms with E-state index in [1.54, 1.807) is 0 Å². The standard InChI is InChI=1S/C14H20N2O5S/c1-15(11-6-4-3-5-7-11)22(19,20)14-9-8-12(21-2)10-13(14)16(17)18/h8-11H,3-7H2,1-2H3. The van der Waals surface area contributed by atoms with Crippen LogP contribution >= 0.6 is 0 Å². The molecule has 0 bridgehead atoms. The maximum absolute atomic E-state index is 12.7. The number of nitro groups is 1. The molecule has 1 aromatic carbocycles. The number of ether oxygens (including phenoxy) is 1. The molecule has 1 fully saturated rings. The predicted molar refractivity (Wildman–Crippen MR) is 81.5 cm³/mol. The molecule has 7 nitrogen and oxygen atoms in total. The van der Waals surface area contributed by atoms with Gasteiger partial charge in [-0.25, -0.2) is 8.42 Å². The molecule has 8 heteroatoms. The Kier molecular flexibility index (Phi) is 5.02. The van der Waals surface area contributed by atoms with Gasteiger partial charge < -0.3 is 4.74 Å². The Hall–Kier alpha value is -1.67. The van der Waals surface area contributed by atoms with Crippen molar-refractivity contribution < 1.29 is 18.1 Å². The van der Waals surface area contributed by atoms with E-state index < -0.39 is 20.6 Å². The second kappa shape index (κ2) is 6.62. The molecule has 22 heavy (non-hydrogen) atoms. The van der Waals surface area contributed by atoms with Gasteiger partial charge in [0.15, 0.2) is 4.90 Å². The van der Waals surface area contributed by atoms with E-state index in [2.05, 4.69) is 0 Å². The summed E-state index contributed by atoms with van der Waals surface area (Å²) in [6, 6.07) is 3.71. The quantitative estimate of drug-likeness (QED) is 0.612. The van der Waals surface area contributed by atoms with E-state index in [-0.39, 0.29) is 16.7 Å². The van der Waals surface area contributed by atoms with Crippen LogP contribution in [0.4, 0.5) is 5.69 Å². The van der Waals surface area contributed by atoms with Crippen molar-refractivity contribution in [1.29, 1.82) is 0 Å². The molecule has 0 saturated heterocycles. The zero-order valence-electron chi connectivity index (χ0n) is 12.7. The molecule has 1 aliphatic carbocycles. The fourth-order valence-electron chi connectivity index (χ4n) is 2.78. The number of nitro benzene ring substituents is 1.